The fourth-order valence-corrected chi connectivity index (χ4v) is 3.11. The van der Waals surface area contributed by atoms with Crippen molar-refractivity contribution in [1.29, 1.82) is 0 Å². The lowest BCUT2D eigenvalue weighted by Gasteiger charge is -2.15. The summed E-state index contributed by atoms with van der Waals surface area (Å²) in [6, 6.07) is 0. The van der Waals surface area contributed by atoms with Crippen LogP contribution in [0.2, 0.25) is 0 Å². The second kappa shape index (κ2) is 3.37. The van der Waals surface area contributed by atoms with Crippen molar-refractivity contribution < 1.29 is 9.90 Å². The van der Waals surface area contributed by atoms with E-state index in [9.17, 15) is 4.79 Å². The summed E-state index contributed by atoms with van der Waals surface area (Å²) in [5.74, 6) is 2.21. The van der Waals surface area contributed by atoms with Crippen LogP contribution < -0.4 is 0 Å². The van der Waals surface area contributed by atoms with Crippen molar-refractivity contribution in [3.63, 3.8) is 0 Å². The van der Waals surface area contributed by atoms with Crippen LogP contribution in [0, 0.1) is 0 Å². The van der Waals surface area contributed by atoms with E-state index in [1.807, 2.05) is 0 Å². The Morgan fingerprint density at radius 3 is 2.67 bits per heavy atom. The average Bonchev–Trinajstić information content (AvgIpc) is 1.90. The number of hydrogen-bond acceptors (Lipinski definition) is 3. The molecular formula is C5H8O2S2. The first kappa shape index (κ1) is 7.28. The molecule has 1 atom stereocenters. The fraction of sp³-hybridized carbons (Fsp3) is 0.800. The molecule has 0 aliphatic carbocycles. The highest BCUT2D eigenvalue weighted by Gasteiger charge is 2.20. The van der Waals surface area contributed by atoms with E-state index in [0.29, 0.717) is 0 Å². The average molecular weight is 164 g/mol. The number of thioether (sulfide) groups is 2. The molecule has 1 fully saturated rings. The van der Waals surface area contributed by atoms with Gasteiger partial charge < -0.3 is 5.11 Å². The number of carbonyl (C=O) groups is 1. The zero-order chi connectivity index (χ0) is 6.69. The molecule has 2 nitrogen and oxygen atoms in total. The van der Waals surface area contributed by atoms with Crippen LogP contribution in [-0.4, -0.2) is 33.6 Å². The van der Waals surface area contributed by atoms with Gasteiger partial charge in [-0.3, -0.25) is 4.79 Å². The monoisotopic (exact) mass is 164 g/mol. The molecule has 1 N–H and O–H groups in total. The van der Waals surface area contributed by atoms with E-state index in [0.717, 1.165) is 17.3 Å². The van der Waals surface area contributed by atoms with E-state index in [4.69, 9.17) is 5.11 Å². The zero-order valence-electron chi connectivity index (χ0n) is 4.87. The van der Waals surface area contributed by atoms with E-state index in [1.54, 1.807) is 23.5 Å². The van der Waals surface area contributed by atoms with Gasteiger partial charge in [0.05, 0.1) is 0 Å². The first-order valence-electron chi connectivity index (χ1n) is 2.73. The SMILES string of the molecule is O=C(O)[C@H]1CSCCS1. The third kappa shape index (κ3) is 2.10. The van der Waals surface area contributed by atoms with Gasteiger partial charge in [-0.1, -0.05) is 0 Å². The summed E-state index contributed by atoms with van der Waals surface area (Å²) in [5.41, 5.74) is 0. The number of carboxylic acid groups (broad SMARTS) is 1. The normalized spacial score (nSPS) is 27.8. The molecule has 0 bridgehead atoms. The molecule has 1 aliphatic heterocycles. The Kier molecular flexibility index (Phi) is 2.72. The van der Waals surface area contributed by atoms with Crippen molar-refractivity contribution in [3.8, 4) is 0 Å². The molecule has 1 heterocycles. The Labute approximate surface area is 62.4 Å². The minimum Gasteiger partial charge on any atom is -0.480 e. The lowest BCUT2D eigenvalue weighted by atomic mass is 10.5. The summed E-state index contributed by atoms with van der Waals surface area (Å²) in [4.78, 5) is 10.3. The lowest BCUT2D eigenvalue weighted by molar-refractivity contribution is -0.135. The molecule has 0 aromatic carbocycles. The molecule has 1 rings (SSSR count). The van der Waals surface area contributed by atoms with Crippen molar-refractivity contribution in [2.45, 2.75) is 5.25 Å². The number of aliphatic carboxylic acids is 1. The summed E-state index contributed by atoms with van der Waals surface area (Å²) in [6.07, 6.45) is 0. The van der Waals surface area contributed by atoms with Gasteiger partial charge in [0.15, 0.2) is 0 Å². The van der Waals surface area contributed by atoms with Crippen molar-refractivity contribution >= 4 is 29.5 Å². The van der Waals surface area contributed by atoms with Crippen molar-refractivity contribution in [2.75, 3.05) is 17.3 Å². The van der Waals surface area contributed by atoms with Gasteiger partial charge in [-0.05, 0) is 0 Å². The first-order chi connectivity index (χ1) is 4.30. The van der Waals surface area contributed by atoms with Gasteiger partial charge >= 0.3 is 5.97 Å². The summed E-state index contributed by atoms with van der Waals surface area (Å²) in [5, 5.41) is 8.35. The molecule has 0 saturated carbocycles. The maximum atomic E-state index is 10.3. The number of hydrogen-bond donors (Lipinski definition) is 1. The molecule has 4 heteroatoms. The van der Waals surface area contributed by atoms with Gasteiger partial charge in [-0.15, -0.1) is 11.8 Å². The number of rotatable bonds is 1. The Morgan fingerprint density at radius 1 is 1.56 bits per heavy atom. The van der Waals surface area contributed by atoms with Crippen LogP contribution in [0.25, 0.3) is 0 Å². The molecule has 9 heavy (non-hydrogen) atoms. The minimum absolute atomic E-state index is 0.149. The molecule has 52 valence electrons. The standard InChI is InChI=1S/C5H8O2S2/c6-5(7)4-3-8-1-2-9-4/h4H,1-3H2,(H,6,7)/t4-/m1/s1. The van der Waals surface area contributed by atoms with Crippen LogP contribution in [0.15, 0.2) is 0 Å². The van der Waals surface area contributed by atoms with Crippen LogP contribution in [0.5, 0.6) is 0 Å². The highest BCUT2D eigenvalue weighted by Crippen LogP contribution is 2.23. The van der Waals surface area contributed by atoms with Gasteiger partial charge in [-0.2, -0.15) is 11.8 Å². The second-order valence-electron chi connectivity index (χ2n) is 1.77. The van der Waals surface area contributed by atoms with Gasteiger partial charge in [0, 0.05) is 17.3 Å². The third-order valence-corrected chi connectivity index (χ3v) is 3.83. The molecule has 0 aromatic rings. The van der Waals surface area contributed by atoms with Crippen LogP contribution in [-0.2, 0) is 4.79 Å². The zero-order valence-corrected chi connectivity index (χ0v) is 6.50. The van der Waals surface area contributed by atoms with Crippen LogP contribution in [0.3, 0.4) is 0 Å². The van der Waals surface area contributed by atoms with Crippen molar-refractivity contribution in [2.24, 2.45) is 0 Å². The third-order valence-electron chi connectivity index (χ3n) is 1.09. The predicted octanol–water partition coefficient (Wildman–Crippen LogP) is 0.920. The summed E-state index contributed by atoms with van der Waals surface area (Å²) < 4.78 is 0. The maximum Gasteiger partial charge on any atom is 0.317 e. The molecular weight excluding hydrogens is 156 g/mol. The van der Waals surface area contributed by atoms with Crippen LogP contribution in [0.4, 0.5) is 0 Å². The molecule has 1 aliphatic rings. The smallest absolute Gasteiger partial charge is 0.317 e. The van der Waals surface area contributed by atoms with Gasteiger partial charge in [0.25, 0.3) is 0 Å². The fourth-order valence-electron chi connectivity index (χ4n) is 0.630. The maximum absolute atomic E-state index is 10.3. The summed E-state index contributed by atoms with van der Waals surface area (Å²) in [7, 11) is 0. The highest BCUT2D eigenvalue weighted by atomic mass is 32.2. The van der Waals surface area contributed by atoms with Crippen molar-refractivity contribution in [1.82, 2.24) is 0 Å². The largest absolute Gasteiger partial charge is 0.480 e. The molecule has 0 spiro atoms. The Bertz CT molecular complexity index is 110. The topological polar surface area (TPSA) is 37.3 Å². The van der Waals surface area contributed by atoms with Crippen molar-refractivity contribution in [3.05, 3.63) is 0 Å². The Morgan fingerprint density at radius 2 is 2.33 bits per heavy atom. The molecule has 1 saturated heterocycles. The quantitative estimate of drug-likeness (QED) is 0.625. The minimum atomic E-state index is -0.660. The second-order valence-corrected chi connectivity index (χ2v) is 4.23. The van der Waals surface area contributed by atoms with Gasteiger partial charge in [0.2, 0.25) is 0 Å². The molecule has 0 unspecified atom stereocenters. The van der Waals surface area contributed by atoms with Gasteiger partial charge in [-0.25, -0.2) is 0 Å². The Hall–Kier alpha value is 0.170. The Balaban J connectivity index is 2.31. The van der Waals surface area contributed by atoms with Crippen LogP contribution >= 0.6 is 23.5 Å². The number of carboxylic acids is 1. The van der Waals surface area contributed by atoms with Gasteiger partial charge in [0.1, 0.15) is 5.25 Å². The highest BCUT2D eigenvalue weighted by molar-refractivity contribution is 8.07. The van der Waals surface area contributed by atoms with E-state index in [-0.39, 0.29) is 5.25 Å². The van der Waals surface area contributed by atoms with E-state index < -0.39 is 5.97 Å². The predicted molar refractivity (Wildman–Crippen MR) is 41.2 cm³/mol. The van der Waals surface area contributed by atoms with E-state index >= 15 is 0 Å². The van der Waals surface area contributed by atoms with E-state index in [2.05, 4.69) is 0 Å². The summed E-state index contributed by atoms with van der Waals surface area (Å²) >= 11 is 3.28. The van der Waals surface area contributed by atoms with E-state index in [1.165, 1.54) is 0 Å². The van der Waals surface area contributed by atoms with Crippen LogP contribution in [0.1, 0.15) is 0 Å². The first-order valence-corrected chi connectivity index (χ1v) is 4.93. The molecule has 0 aromatic heterocycles. The molecule has 0 radical (unpaired) electrons. The summed E-state index contributed by atoms with van der Waals surface area (Å²) in [6.45, 7) is 0. The lowest BCUT2D eigenvalue weighted by Crippen LogP contribution is -2.23. The molecule has 0 amide bonds.